The van der Waals surface area contributed by atoms with Crippen molar-refractivity contribution in [3.63, 3.8) is 0 Å². The van der Waals surface area contributed by atoms with Crippen molar-refractivity contribution in [2.45, 2.75) is 0 Å². The summed E-state index contributed by atoms with van der Waals surface area (Å²) in [5, 5.41) is 0. The monoisotopic (exact) mass is 178 g/mol. The smallest absolute Gasteiger partial charge is 0.312 e. The highest BCUT2D eigenvalue weighted by Crippen LogP contribution is 2.45. The highest BCUT2D eigenvalue weighted by Gasteiger charge is 2.23. The van der Waals surface area contributed by atoms with Crippen molar-refractivity contribution in [1.29, 1.82) is 0 Å². The zero-order chi connectivity index (χ0) is 8.91. The van der Waals surface area contributed by atoms with Crippen LogP contribution in [0.1, 0.15) is 0 Å². The van der Waals surface area contributed by atoms with Crippen molar-refractivity contribution in [3.05, 3.63) is 12.7 Å². The molecule has 0 aliphatic carbocycles. The molecule has 5 heteroatoms. The molecule has 0 aromatic carbocycles. The van der Waals surface area contributed by atoms with E-state index in [4.69, 9.17) is 0 Å². The van der Waals surface area contributed by atoms with E-state index < -0.39 is 7.60 Å². The molecule has 64 valence electrons. The minimum Gasteiger partial charge on any atom is -0.312 e. The van der Waals surface area contributed by atoms with Gasteiger partial charge in [-0.05, 0) is 6.08 Å². The summed E-state index contributed by atoms with van der Waals surface area (Å²) < 4.78 is 20.3. The second kappa shape index (κ2) is 4.44. The zero-order valence-corrected chi connectivity index (χ0v) is 7.47. The highest BCUT2D eigenvalue weighted by atomic mass is 31.2. The van der Waals surface area contributed by atoms with E-state index in [1.54, 1.807) is 0 Å². The van der Waals surface area contributed by atoms with Crippen LogP contribution in [0.2, 0.25) is 0 Å². The molecule has 0 rings (SSSR count). The molecule has 0 N–H and O–H groups in total. The van der Waals surface area contributed by atoms with Crippen LogP contribution >= 0.6 is 7.60 Å². The number of carbonyl (C=O) groups excluding carboxylic acids is 1. The summed E-state index contributed by atoms with van der Waals surface area (Å²) in [6, 6.07) is 0. The van der Waals surface area contributed by atoms with Gasteiger partial charge in [0.2, 0.25) is 0 Å². The summed E-state index contributed by atoms with van der Waals surface area (Å²) in [6.45, 7) is 3.23. The molecule has 0 radical (unpaired) electrons. The number of ketones is 1. The summed E-state index contributed by atoms with van der Waals surface area (Å²) in [6.07, 6.45) is 0.841. The Morgan fingerprint density at radius 2 is 2.00 bits per heavy atom. The van der Waals surface area contributed by atoms with Gasteiger partial charge in [0.15, 0.2) is 5.78 Å². The molecule has 0 amide bonds. The van der Waals surface area contributed by atoms with Crippen LogP contribution in [0.5, 0.6) is 0 Å². The third kappa shape index (κ3) is 3.46. The Hall–Kier alpha value is -0.440. The number of carbonyl (C=O) groups is 1. The second-order valence-electron chi connectivity index (χ2n) is 1.80. The van der Waals surface area contributed by atoms with Gasteiger partial charge in [-0.15, -0.1) is 0 Å². The molecule has 0 aliphatic rings. The predicted octanol–water partition coefficient (Wildman–Crippen LogP) is 1.23. The van der Waals surface area contributed by atoms with E-state index in [0.29, 0.717) is 0 Å². The fraction of sp³-hybridized carbons (Fsp3) is 0.500. The molecule has 0 aromatic rings. The lowest BCUT2D eigenvalue weighted by Gasteiger charge is -2.10. The highest BCUT2D eigenvalue weighted by molar-refractivity contribution is 7.54. The number of allylic oxidation sites excluding steroid dienone is 1. The Labute approximate surface area is 65.7 Å². The maximum absolute atomic E-state index is 11.2. The maximum atomic E-state index is 11.2. The van der Waals surface area contributed by atoms with Crippen molar-refractivity contribution in [3.8, 4) is 0 Å². The summed E-state index contributed by atoms with van der Waals surface area (Å²) in [7, 11) is -0.701. The van der Waals surface area contributed by atoms with Crippen LogP contribution in [0.15, 0.2) is 12.7 Å². The Bertz CT molecular complexity index is 191. The van der Waals surface area contributed by atoms with Crippen molar-refractivity contribution in [1.82, 2.24) is 0 Å². The average Bonchev–Trinajstić information content (AvgIpc) is 2.04. The van der Waals surface area contributed by atoms with Crippen molar-refractivity contribution in [2.75, 3.05) is 20.4 Å². The first-order valence-electron chi connectivity index (χ1n) is 2.94. The van der Waals surface area contributed by atoms with Crippen LogP contribution in [-0.2, 0) is 18.4 Å². The first-order valence-corrected chi connectivity index (χ1v) is 4.66. The predicted molar refractivity (Wildman–Crippen MR) is 41.7 cm³/mol. The SMILES string of the molecule is C=CC(=O)CP(=O)(OC)OC. The lowest BCUT2D eigenvalue weighted by molar-refractivity contribution is -0.112. The zero-order valence-electron chi connectivity index (χ0n) is 6.57. The first-order chi connectivity index (χ1) is 5.08. The van der Waals surface area contributed by atoms with E-state index in [1.807, 2.05) is 0 Å². The number of rotatable bonds is 5. The topological polar surface area (TPSA) is 52.6 Å². The van der Waals surface area contributed by atoms with Gasteiger partial charge >= 0.3 is 7.60 Å². The van der Waals surface area contributed by atoms with E-state index in [2.05, 4.69) is 15.6 Å². The van der Waals surface area contributed by atoms with Crippen molar-refractivity contribution < 1.29 is 18.4 Å². The molecule has 0 aromatic heterocycles. The van der Waals surface area contributed by atoms with Gasteiger partial charge in [-0.1, -0.05) is 6.58 Å². The lowest BCUT2D eigenvalue weighted by Crippen LogP contribution is -2.03. The van der Waals surface area contributed by atoms with E-state index in [1.165, 1.54) is 14.2 Å². The summed E-state index contributed by atoms with van der Waals surface area (Å²) in [4.78, 5) is 10.7. The van der Waals surface area contributed by atoms with E-state index in [9.17, 15) is 9.36 Å². The van der Waals surface area contributed by atoms with Crippen molar-refractivity contribution >= 4 is 13.4 Å². The molecule has 0 atom stereocenters. The largest absolute Gasteiger partial charge is 0.337 e. The average molecular weight is 178 g/mol. The van der Waals surface area contributed by atoms with E-state index in [-0.39, 0.29) is 11.9 Å². The summed E-state index contributed by atoms with van der Waals surface area (Å²) >= 11 is 0. The Morgan fingerprint density at radius 3 is 2.27 bits per heavy atom. The number of hydrogen-bond acceptors (Lipinski definition) is 4. The fourth-order valence-electron chi connectivity index (χ4n) is 0.459. The second-order valence-corrected chi connectivity index (χ2v) is 4.07. The Balaban J connectivity index is 4.19. The van der Waals surface area contributed by atoms with Crippen LogP contribution in [-0.4, -0.2) is 26.2 Å². The van der Waals surface area contributed by atoms with Crippen LogP contribution in [0.25, 0.3) is 0 Å². The van der Waals surface area contributed by atoms with E-state index in [0.717, 1.165) is 6.08 Å². The van der Waals surface area contributed by atoms with Crippen LogP contribution in [0.4, 0.5) is 0 Å². The first kappa shape index (κ1) is 10.6. The minimum atomic E-state index is -3.17. The Morgan fingerprint density at radius 1 is 1.55 bits per heavy atom. The molecular formula is C6H11O4P. The molecule has 0 heterocycles. The van der Waals surface area contributed by atoms with Gasteiger partial charge < -0.3 is 9.05 Å². The summed E-state index contributed by atoms with van der Waals surface area (Å²) in [5.41, 5.74) is 0. The molecule has 4 nitrogen and oxygen atoms in total. The Kier molecular flexibility index (Phi) is 4.26. The molecule has 0 bridgehead atoms. The molecule has 0 aliphatic heterocycles. The minimum absolute atomic E-state index is 0.247. The van der Waals surface area contributed by atoms with Crippen LogP contribution in [0.3, 0.4) is 0 Å². The number of hydrogen-bond donors (Lipinski definition) is 0. The standard InChI is InChI=1S/C6H11O4P/c1-4-6(7)5-11(8,9-2)10-3/h4H,1,5H2,2-3H3. The van der Waals surface area contributed by atoms with Gasteiger partial charge in [0.1, 0.15) is 6.16 Å². The van der Waals surface area contributed by atoms with E-state index >= 15 is 0 Å². The summed E-state index contributed by atoms with van der Waals surface area (Å²) in [5.74, 6) is -0.350. The van der Waals surface area contributed by atoms with Crippen molar-refractivity contribution in [2.24, 2.45) is 0 Å². The third-order valence-electron chi connectivity index (χ3n) is 1.13. The van der Waals surface area contributed by atoms with Gasteiger partial charge in [-0.25, -0.2) is 0 Å². The lowest BCUT2D eigenvalue weighted by atomic mass is 10.5. The molecular weight excluding hydrogens is 167 g/mol. The normalized spacial score (nSPS) is 11.1. The van der Waals surface area contributed by atoms with Gasteiger partial charge in [-0.2, -0.15) is 0 Å². The maximum Gasteiger partial charge on any atom is 0.337 e. The van der Waals surface area contributed by atoms with Gasteiger partial charge in [0, 0.05) is 14.2 Å². The fourth-order valence-corrected chi connectivity index (χ4v) is 1.38. The van der Waals surface area contributed by atoms with Crippen LogP contribution in [0, 0.1) is 0 Å². The molecule has 0 saturated heterocycles. The third-order valence-corrected chi connectivity index (χ3v) is 2.95. The van der Waals surface area contributed by atoms with Gasteiger partial charge in [0.25, 0.3) is 0 Å². The molecule has 0 fully saturated rings. The molecule has 11 heavy (non-hydrogen) atoms. The van der Waals surface area contributed by atoms with Crippen LogP contribution < -0.4 is 0 Å². The van der Waals surface area contributed by atoms with Gasteiger partial charge in [0.05, 0.1) is 0 Å². The quantitative estimate of drug-likeness (QED) is 0.469. The molecule has 0 unspecified atom stereocenters. The van der Waals surface area contributed by atoms with Gasteiger partial charge in [-0.3, -0.25) is 9.36 Å². The molecule has 0 saturated carbocycles. The molecule has 0 spiro atoms.